The molecule has 2 saturated heterocycles. The topological polar surface area (TPSA) is 69.9 Å². The van der Waals surface area contributed by atoms with E-state index >= 15 is 0 Å². The van der Waals surface area contributed by atoms with E-state index in [1.807, 2.05) is 12.1 Å². The van der Waals surface area contributed by atoms with Crippen LogP contribution in [0.5, 0.6) is 0 Å². The van der Waals surface area contributed by atoms with Gasteiger partial charge in [0.2, 0.25) is 0 Å². The van der Waals surface area contributed by atoms with Crippen LogP contribution >= 0.6 is 0 Å². The fourth-order valence-electron chi connectivity index (χ4n) is 3.59. The van der Waals surface area contributed by atoms with Gasteiger partial charge in [0, 0.05) is 43.5 Å². The standard InChI is InChI=1S/C16H23N3O3/c20-16-2-1-9-18(12-16)14-7-10-17(11-8-14)13-3-5-15(6-4-13)19(21)22/h3-6,14,16,20H,1-2,7-12H2/t16-/m0/s1. The second kappa shape index (κ2) is 6.62. The lowest BCUT2D eigenvalue weighted by atomic mass is 9.98. The number of aliphatic hydroxyl groups is 1. The van der Waals surface area contributed by atoms with E-state index in [-0.39, 0.29) is 16.7 Å². The van der Waals surface area contributed by atoms with Crippen molar-refractivity contribution in [1.82, 2.24) is 4.90 Å². The van der Waals surface area contributed by atoms with Gasteiger partial charge >= 0.3 is 0 Å². The molecule has 6 nitrogen and oxygen atoms in total. The highest BCUT2D eigenvalue weighted by Crippen LogP contribution is 2.26. The fourth-order valence-corrected chi connectivity index (χ4v) is 3.59. The number of nitrogens with zero attached hydrogens (tertiary/aromatic N) is 3. The van der Waals surface area contributed by atoms with Crippen LogP contribution in [0.1, 0.15) is 25.7 Å². The molecule has 1 N–H and O–H groups in total. The molecular weight excluding hydrogens is 282 g/mol. The van der Waals surface area contributed by atoms with Crippen molar-refractivity contribution in [3.8, 4) is 0 Å². The predicted octanol–water partition coefficient (Wildman–Crippen LogP) is 2.02. The van der Waals surface area contributed by atoms with Crippen LogP contribution in [0.15, 0.2) is 24.3 Å². The third kappa shape index (κ3) is 3.39. The molecule has 1 aromatic rings. The number of aliphatic hydroxyl groups excluding tert-OH is 1. The van der Waals surface area contributed by atoms with E-state index in [1.54, 1.807) is 12.1 Å². The van der Waals surface area contributed by atoms with Crippen LogP contribution in [0.2, 0.25) is 0 Å². The largest absolute Gasteiger partial charge is 0.392 e. The zero-order chi connectivity index (χ0) is 15.5. The number of nitro benzene ring substituents is 1. The number of rotatable bonds is 3. The van der Waals surface area contributed by atoms with Gasteiger partial charge in [0.15, 0.2) is 0 Å². The fraction of sp³-hybridized carbons (Fsp3) is 0.625. The monoisotopic (exact) mass is 305 g/mol. The summed E-state index contributed by atoms with van der Waals surface area (Å²) in [6.45, 7) is 3.84. The number of β-amino-alcohol motifs (C(OH)–C–C–N with tert-alkyl or cyclic N) is 1. The first-order valence-corrected chi connectivity index (χ1v) is 8.05. The Morgan fingerprint density at radius 1 is 1.09 bits per heavy atom. The van der Waals surface area contributed by atoms with Gasteiger partial charge in [0.05, 0.1) is 11.0 Å². The Morgan fingerprint density at radius 3 is 2.36 bits per heavy atom. The number of benzene rings is 1. The van der Waals surface area contributed by atoms with Crippen molar-refractivity contribution in [3.05, 3.63) is 34.4 Å². The van der Waals surface area contributed by atoms with Crippen molar-refractivity contribution in [1.29, 1.82) is 0 Å². The molecule has 0 aliphatic carbocycles. The number of nitro groups is 1. The summed E-state index contributed by atoms with van der Waals surface area (Å²) < 4.78 is 0. The quantitative estimate of drug-likeness (QED) is 0.683. The summed E-state index contributed by atoms with van der Waals surface area (Å²) in [4.78, 5) is 15.1. The van der Waals surface area contributed by atoms with Gasteiger partial charge in [0.25, 0.3) is 5.69 Å². The highest BCUT2D eigenvalue weighted by Gasteiger charge is 2.28. The Labute approximate surface area is 130 Å². The van der Waals surface area contributed by atoms with Gasteiger partial charge in [-0.05, 0) is 44.4 Å². The lowest BCUT2D eigenvalue weighted by molar-refractivity contribution is -0.384. The second-order valence-corrected chi connectivity index (χ2v) is 6.28. The van der Waals surface area contributed by atoms with E-state index < -0.39 is 0 Å². The van der Waals surface area contributed by atoms with Crippen LogP contribution < -0.4 is 4.90 Å². The molecule has 0 bridgehead atoms. The Morgan fingerprint density at radius 2 is 1.77 bits per heavy atom. The number of piperidine rings is 2. The summed E-state index contributed by atoms with van der Waals surface area (Å²) in [6, 6.07) is 7.38. The molecule has 120 valence electrons. The lowest BCUT2D eigenvalue weighted by Crippen LogP contribution is -2.49. The van der Waals surface area contributed by atoms with Crippen molar-refractivity contribution in [2.24, 2.45) is 0 Å². The number of hydrogen-bond acceptors (Lipinski definition) is 5. The molecule has 2 heterocycles. The van der Waals surface area contributed by atoms with Crippen LogP contribution in [0.4, 0.5) is 11.4 Å². The van der Waals surface area contributed by atoms with Gasteiger partial charge in [-0.15, -0.1) is 0 Å². The van der Waals surface area contributed by atoms with E-state index in [0.29, 0.717) is 6.04 Å². The third-order valence-electron chi connectivity index (χ3n) is 4.83. The van der Waals surface area contributed by atoms with Crippen LogP contribution in [0, 0.1) is 10.1 Å². The SMILES string of the molecule is O=[N+]([O-])c1ccc(N2CCC(N3CCC[C@H](O)C3)CC2)cc1. The number of non-ortho nitro benzene ring substituents is 1. The molecule has 6 heteroatoms. The molecular formula is C16H23N3O3. The van der Waals surface area contributed by atoms with Gasteiger partial charge in [-0.1, -0.05) is 0 Å². The minimum atomic E-state index is -0.363. The van der Waals surface area contributed by atoms with Crippen molar-refractivity contribution < 1.29 is 10.0 Å². The summed E-state index contributed by atoms with van der Waals surface area (Å²) in [5.41, 5.74) is 1.20. The molecule has 2 aliphatic rings. The Kier molecular flexibility index (Phi) is 4.59. The first-order chi connectivity index (χ1) is 10.6. The number of likely N-dealkylation sites (tertiary alicyclic amines) is 1. The summed E-state index contributed by atoms with van der Waals surface area (Å²) in [5.74, 6) is 0. The van der Waals surface area contributed by atoms with Crippen LogP contribution in [-0.2, 0) is 0 Å². The summed E-state index contributed by atoms with van der Waals surface area (Å²) >= 11 is 0. The van der Waals surface area contributed by atoms with Gasteiger partial charge in [-0.25, -0.2) is 0 Å². The molecule has 1 atom stereocenters. The Bertz CT molecular complexity index is 512. The molecule has 22 heavy (non-hydrogen) atoms. The van der Waals surface area contributed by atoms with E-state index in [0.717, 1.165) is 57.5 Å². The van der Waals surface area contributed by atoms with Crippen molar-refractivity contribution in [2.45, 2.75) is 37.8 Å². The zero-order valence-corrected chi connectivity index (χ0v) is 12.7. The zero-order valence-electron chi connectivity index (χ0n) is 12.7. The highest BCUT2D eigenvalue weighted by atomic mass is 16.6. The minimum absolute atomic E-state index is 0.140. The molecule has 0 spiro atoms. The maximum absolute atomic E-state index is 10.7. The molecule has 1 aromatic carbocycles. The Balaban J connectivity index is 1.56. The molecule has 2 aliphatic heterocycles. The minimum Gasteiger partial charge on any atom is -0.392 e. The van der Waals surface area contributed by atoms with E-state index in [2.05, 4.69) is 9.80 Å². The number of anilines is 1. The maximum Gasteiger partial charge on any atom is 0.269 e. The van der Waals surface area contributed by atoms with Gasteiger partial charge in [-0.3, -0.25) is 15.0 Å². The molecule has 0 saturated carbocycles. The van der Waals surface area contributed by atoms with E-state index in [9.17, 15) is 15.2 Å². The maximum atomic E-state index is 10.7. The molecule has 2 fully saturated rings. The van der Waals surface area contributed by atoms with E-state index in [4.69, 9.17) is 0 Å². The van der Waals surface area contributed by atoms with E-state index in [1.165, 1.54) is 0 Å². The number of hydrogen-bond donors (Lipinski definition) is 1. The smallest absolute Gasteiger partial charge is 0.269 e. The van der Waals surface area contributed by atoms with Crippen LogP contribution in [-0.4, -0.2) is 53.3 Å². The normalized spacial score (nSPS) is 24.4. The van der Waals surface area contributed by atoms with Gasteiger partial charge in [0.1, 0.15) is 0 Å². The first kappa shape index (κ1) is 15.2. The molecule has 0 amide bonds. The van der Waals surface area contributed by atoms with Crippen molar-refractivity contribution in [3.63, 3.8) is 0 Å². The molecule has 3 rings (SSSR count). The van der Waals surface area contributed by atoms with Crippen molar-refractivity contribution >= 4 is 11.4 Å². The van der Waals surface area contributed by atoms with Gasteiger partial charge < -0.3 is 10.0 Å². The van der Waals surface area contributed by atoms with Crippen LogP contribution in [0.3, 0.4) is 0 Å². The third-order valence-corrected chi connectivity index (χ3v) is 4.83. The summed E-state index contributed by atoms with van der Waals surface area (Å²) in [6.07, 6.45) is 4.02. The van der Waals surface area contributed by atoms with Gasteiger partial charge in [-0.2, -0.15) is 0 Å². The summed E-state index contributed by atoms with van der Waals surface area (Å²) in [7, 11) is 0. The van der Waals surface area contributed by atoms with Crippen molar-refractivity contribution in [2.75, 3.05) is 31.1 Å². The highest BCUT2D eigenvalue weighted by molar-refractivity contribution is 5.51. The lowest BCUT2D eigenvalue weighted by Gasteiger charge is -2.42. The summed E-state index contributed by atoms with van der Waals surface area (Å²) in [5, 5.41) is 20.5. The molecule has 0 aromatic heterocycles. The average Bonchev–Trinajstić information content (AvgIpc) is 2.55. The predicted molar refractivity (Wildman–Crippen MR) is 85.1 cm³/mol. The average molecular weight is 305 g/mol. The molecule has 0 radical (unpaired) electrons. The second-order valence-electron chi connectivity index (χ2n) is 6.28. The molecule has 0 unspecified atom stereocenters. The Hall–Kier alpha value is -1.66. The first-order valence-electron chi connectivity index (χ1n) is 8.05. The van der Waals surface area contributed by atoms with Crippen LogP contribution in [0.25, 0.3) is 0 Å².